The summed E-state index contributed by atoms with van der Waals surface area (Å²) in [6.45, 7) is 5.59. The second-order valence-corrected chi connectivity index (χ2v) is 22.4. The first-order valence-electron chi connectivity index (χ1n) is 22.8. The fourth-order valence-electron chi connectivity index (χ4n) is 9.80. The Morgan fingerprint density at radius 3 is 2.53 bits per heavy atom. The van der Waals surface area contributed by atoms with Gasteiger partial charge < -0.3 is 24.6 Å². The summed E-state index contributed by atoms with van der Waals surface area (Å²) in [7, 11) is -2.78. The van der Waals surface area contributed by atoms with Crippen molar-refractivity contribution in [3.05, 3.63) is 63.7 Å². The quantitative estimate of drug-likeness (QED) is 0.0924. The number of anilines is 1. The van der Waals surface area contributed by atoms with Crippen LogP contribution in [0.2, 0.25) is 5.02 Å². The van der Waals surface area contributed by atoms with E-state index in [0.29, 0.717) is 70.2 Å². The number of rotatable bonds is 14. The minimum atomic E-state index is -4.42. The van der Waals surface area contributed by atoms with E-state index in [1.807, 2.05) is 19.2 Å². The SMILES string of the molecule is COc1ccc2c(O[C@@H]3C[C@H]4C(=O)C[C@]5(P(=O)(O)Cc6c(C)cccc6F)C[C@H]5CCCCCCC[C@H](CC(=O)CCCC(F)(F)F)C(=O)N4C3)cc(-c3csc(NC(C)C)n3)nc2c1Cl. The molecule has 11 nitrogen and oxygen atoms in total. The highest BCUT2D eigenvalue weighted by atomic mass is 35.5. The number of amides is 1. The van der Waals surface area contributed by atoms with Gasteiger partial charge in [-0.1, -0.05) is 55.8 Å². The third kappa shape index (κ3) is 11.4. The van der Waals surface area contributed by atoms with Gasteiger partial charge in [-0.15, -0.1) is 11.3 Å². The van der Waals surface area contributed by atoms with Crippen LogP contribution in [-0.2, 0) is 25.1 Å². The van der Waals surface area contributed by atoms with Crippen molar-refractivity contribution in [2.75, 3.05) is 19.0 Å². The molecule has 1 saturated carbocycles. The predicted octanol–water partition coefficient (Wildman–Crippen LogP) is 11.9. The maximum absolute atomic E-state index is 15.2. The Balaban J connectivity index is 1.25. The number of ether oxygens (including phenoxy) is 2. The van der Waals surface area contributed by atoms with E-state index in [1.165, 1.54) is 35.5 Å². The first-order valence-corrected chi connectivity index (χ1v) is 25.9. The number of aryl methyl sites for hydroxylation is 1. The lowest BCUT2D eigenvalue weighted by Gasteiger charge is -2.30. The van der Waals surface area contributed by atoms with Gasteiger partial charge in [0, 0.05) is 66.5 Å². The Hall–Kier alpha value is -4.11. The van der Waals surface area contributed by atoms with Crippen molar-refractivity contribution in [2.45, 2.75) is 146 Å². The Labute approximate surface area is 391 Å². The monoisotopic (exact) mass is 976 g/mol. The molecule has 358 valence electrons. The van der Waals surface area contributed by atoms with Crippen molar-refractivity contribution in [1.82, 2.24) is 14.9 Å². The van der Waals surface area contributed by atoms with Gasteiger partial charge >= 0.3 is 6.18 Å². The van der Waals surface area contributed by atoms with Crippen molar-refractivity contribution in [1.29, 1.82) is 0 Å². The van der Waals surface area contributed by atoms with E-state index in [4.69, 9.17) is 31.0 Å². The van der Waals surface area contributed by atoms with E-state index in [9.17, 15) is 37.0 Å². The van der Waals surface area contributed by atoms with Crippen LogP contribution in [-0.4, -0.2) is 80.4 Å². The lowest BCUT2D eigenvalue weighted by molar-refractivity contribution is -0.143. The fourth-order valence-corrected chi connectivity index (χ4v) is 13.7. The zero-order chi connectivity index (χ0) is 47.6. The number of fused-ring (bicyclic) bond motifs is 3. The zero-order valence-corrected chi connectivity index (χ0v) is 40.2. The van der Waals surface area contributed by atoms with Gasteiger partial charge in [0.05, 0.1) is 42.2 Å². The van der Waals surface area contributed by atoms with Crippen molar-refractivity contribution in [2.24, 2.45) is 11.8 Å². The van der Waals surface area contributed by atoms with E-state index in [-0.39, 0.29) is 54.8 Å². The Morgan fingerprint density at radius 1 is 1.08 bits per heavy atom. The number of methoxy groups -OCH3 is 1. The number of thiazole rings is 1. The summed E-state index contributed by atoms with van der Waals surface area (Å²) in [6, 6.07) is 8.62. The molecule has 1 aliphatic carbocycles. The molecule has 3 fully saturated rings. The molecule has 7 rings (SSSR count). The van der Waals surface area contributed by atoms with Gasteiger partial charge in [0.25, 0.3) is 0 Å². The zero-order valence-electron chi connectivity index (χ0n) is 37.7. The van der Waals surface area contributed by atoms with Crippen LogP contribution in [0.1, 0.15) is 115 Å². The van der Waals surface area contributed by atoms with Crippen molar-refractivity contribution >= 4 is 63.8 Å². The Kier molecular flexibility index (Phi) is 15.6. The molecule has 1 amide bonds. The molecule has 0 bridgehead atoms. The molecule has 1 unspecified atom stereocenters. The number of benzene rings is 2. The highest BCUT2D eigenvalue weighted by Crippen LogP contribution is 2.75. The molecule has 18 heteroatoms. The Morgan fingerprint density at radius 2 is 1.82 bits per heavy atom. The molecule has 2 N–H and O–H groups in total. The van der Waals surface area contributed by atoms with Crippen LogP contribution in [0.5, 0.6) is 11.5 Å². The summed E-state index contributed by atoms with van der Waals surface area (Å²) in [5, 5.41) is 5.24. The van der Waals surface area contributed by atoms with Crippen molar-refractivity contribution in [3.8, 4) is 22.9 Å². The summed E-state index contributed by atoms with van der Waals surface area (Å²) in [4.78, 5) is 66.2. The van der Waals surface area contributed by atoms with Crippen molar-refractivity contribution in [3.63, 3.8) is 0 Å². The van der Waals surface area contributed by atoms with E-state index in [2.05, 4.69) is 5.32 Å². The molecule has 0 spiro atoms. The van der Waals surface area contributed by atoms with E-state index < -0.39 is 79.1 Å². The van der Waals surface area contributed by atoms with Gasteiger partial charge in [-0.2, -0.15) is 13.2 Å². The molecule has 2 aromatic heterocycles. The molecule has 2 saturated heterocycles. The normalized spacial score (nSPS) is 24.0. The van der Waals surface area contributed by atoms with Crippen LogP contribution >= 0.6 is 30.3 Å². The van der Waals surface area contributed by atoms with Crippen LogP contribution in [0.15, 0.2) is 41.8 Å². The van der Waals surface area contributed by atoms with Crippen LogP contribution in [0, 0.1) is 24.6 Å². The first kappa shape index (κ1) is 49.8. The standard InChI is InChI=1S/C48H58ClF4N4O7PS/c1-28(2)54-46-56-38(27-66-46)37-22-42(34-17-18-41(63-4)43(49)44(34)55-37)64-33-21-39-40(59)24-47(65(61,62)26-35-29(3)12-10-16-36(35)50)23-31(47)14-9-7-5-6-8-13-30(45(60)57(39)25-33)20-32(58)15-11-19-48(51,52)53/h10,12,16-18,22,27-28,30-31,33,39H,5-9,11,13-15,19-21,23-26H2,1-4H3,(H,54,56)(H,61,62)/t30-,31-,33-,39+,47-/m1/s1. The number of Topliss-reactive ketones (excluding diaryl/α,β-unsaturated/α-hetero) is 2. The van der Waals surface area contributed by atoms with Crippen molar-refractivity contribution < 1.29 is 50.9 Å². The third-order valence-electron chi connectivity index (χ3n) is 13.4. The average molecular weight is 977 g/mol. The maximum Gasteiger partial charge on any atom is 0.389 e. The molecule has 4 aromatic rings. The molecule has 0 radical (unpaired) electrons. The largest absolute Gasteiger partial charge is 0.495 e. The van der Waals surface area contributed by atoms with E-state index in [1.54, 1.807) is 31.2 Å². The number of aromatic nitrogens is 2. The van der Waals surface area contributed by atoms with Gasteiger partial charge in [-0.3, -0.25) is 18.9 Å². The number of carbonyl (C=O) groups excluding carboxylic acids is 3. The average Bonchev–Trinajstić information content (AvgIpc) is 3.51. The van der Waals surface area contributed by atoms with Gasteiger partial charge in [-0.05, 0) is 76.1 Å². The highest BCUT2D eigenvalue weighted by Gasteiger charge is 2.66. The lowest BCUT2D eigenvalue weighted by Crippen LogP contribution is -2.45. The topological polar surface area (TPSA) is 148 Å². The van der Waals surface area contributed by atoms with Gasteiger partial charge in [-0.25, -0.2) is 14.4 Å². The lowest BCUT2D eigenvalue weighted by atomic mass is 9.91. The third-order valence-corrected chi connectivity index (χ3v) is 17.4. The number of nitrogens with one attached hydrogen (secondary N) is 1. The summed E-state index contributed by atoms with van der Waals surface area (Å²) in [5.74, 6) is -2.45. The van der Waals surface area contributed by atoms with E-state index >= 15 is 4.39 Å². The summed E-state index contributed by atoms with van der Waals surface area (Å²) in [5.41, 5.74) is 2.01. The number of alkyl halides is 3. The summed E-state index contributed by atoms with van der Waals surface area (Å²) >= 11 is 8.26. The number of halogens is 5. The summed E-state index contributed by atoms with van der Waals surface area (Å²) in [6.07, 6.45) is -3.21. The molecule has 2 aromatic carbocycles. The van der Waals surface area contributed by atoms with Gasteiger partial charge in [0.2, 0.25) is 13.3 Å². The smallest absolute Gasteiger partial charge is 0.389 e. The van der Waals surface area contributed by atoms with Crippen LogP contribution < -0.4 is 14.8 Å². The second-order valence-electron chi connectivity index (χ2n) is 18.6. The Bertz CT molecular complexity index is 2470. The molecule has 4 heterocycles. The van der Waals surface area contributed by atoms with Gasteiger partial charge in [0.15, 0.2) is 10.9 Å². The fraction of sp³-hybridized carbons (Fsp3) is 0.562. The number of hydrogen-bond acceptors (Lipinski definition) is 10. The predicted molar refractivity (Wildman–Crippen MR) is 248 cm³/mol. The van der Waals surface area contributed by atoms with Crippen LogP contribution in [0.4, 0.5) is 22.7 Å². The van der Waals surface area contributed by atoms with Crippen LogP contribution in [0.25, 0.3) is 22.3 Å². The summed E-state index contributed by atoms with van der Waals surface area (Å²) < 4.78 is 81.3. The number of hydrogen-bond donors (Lipinski definition) is 2. The second kappa shape index (κ2) is 20.6. The number of ketones is 2. The highest BCUT2D eigenvalue weighted by molar-refractivity contribution is 7.59. The molecular weight excluding hydrogens is 919 g/mol. The molecular formula is C48H58ClF4N4O7PS. The van der Waals surface area contributed by atoms with Crippen LogP contribution in [0.3, 0.4) is 0 Å². The number of nitrogens with zero attached hydrogens (tertiary/aromatic N) is 3. The molecule has 2 aliphatic heterocycles. The molecule has 66 heavy (non-hydrogen) atoms. The minimum Gasteiger partial charge on any atom is -0.495 e. The van der Waals surface area contributed by atoms with E-state index in [0.717, 1.165) is 25.7 Å². The maximum atomic E-state index is 15.2. The minimum absolute atomic E-state index is 0.00190. The molecule has 6 atom stereocenters. The van der Waals surface area contributed by atoms with Gasteiger partial charge in [0.1, 0.15) is 39.9 Å². The first-order chi connectivity index (χ1) is 31.3. The molecule has 3 aliphatic rings. The number of carbonyl (C=O) groups is 3. The number of pyridine rings is 1.